The Labute approximate surface area is 274 Å². The van der Waals surface area contributed by atoms with E-state index in [0.717, 1.165) is 25.7 Å². The third-order valence-corrected chi connectivity index (χ3v) is 7.51. The Morgan fingerprint density at radius 1 is 0.556 bits per heavy atom. The van der Waals surface area contributed by atoms with Crippen LogP contribution in [0.2, 0.25) is 0 Å². The molecular formula is C38H66O7. The summed E-state index contributed by atoms with van der Waals surface area (Å²) in [4.78, 5) is 23.8. The fourth-order valence-corrected chi connectivity index (χ4v) is 4.69. The summed E-state index contributed by atoms with van der Waals surface area (Å²) in [6.45, 7) is 4.01. The van der Waals surface area contributed by atoms with E-state index in [9.17, 15) is 24.9 Å². The number of unbranched alkanes of at least 4 members (excludes halogenated alkanes) is 14. The molecule has 0 saturated heterocycles. The molecule has 0 heterocycles. The van der Waals surface area contributed by atoms with Gasteiger partial charge in [-0.3, -0.25) is 9.59 Å². The van der Waals surface area contributed by atoms with Crippen LogP contribution in [0, 0.1) is 0 Å². The SMILES string of the molecule is CCCCC/C=C\C[C@@H](O)/C=C/C=C/C=C\[C@@H](O)CCCC(=O)OC[C@H](O)COC(=O)CCCCCCCCCCCCCC. The van der Waals surface area contributed by atoms with E-state index in [1.807, 2.05) is 6.08 Å². The predicted molar refractivity (Wildman–Crippen MR) is 185 cm³/mol. The molecule has 0 aliphatic heterocycles. The third-order valence-electron chi connectivity index (χ3n) is 7.51. The highest BCUT2D eigenvalue weighted by molar-refractivity contribution is 5.69. The van der Waals surface area contributed by atoms with Crippen molar-refractivity contribution in [2.45, 2.75) is 167 Å². The van der Waals surface area contributed by atoms with Crippen molar-refractivity contribution in [3.05, 3.63) is 48.6 Å². The molecule has 0 aromatic carbocycles. The highest BCUT2D eigenvalue weighted by Crippen LogP contribution is 2.13. The minimum atomic E-state index is -1.05. The zero-order chi connectivity index (χ0) is 33.2. The van der Waals surface area contributed by atoms with Gasteiger partial charge in [0.25, 0.3) is 0 Å². The molecule has 0 fully saturated rings. The molecule has 0 amide bonds. The minimum absolute atomic E-state index is 0.125. The average Bonchev–Trinajstić information content (AvgIpc) is 3.02. The lowest BCUT2D eigenvalue weighted by atomic mass is 10.0. The lowest BCUT2D eigenvalue weighted by molar-refractivity contribution is -0.152. The predicted octanol–water partition coefficient (Wildman–Crippen LogP) is 8.61. The maximum Gasteiger partial charge on any atom is 0.305 e. The molecule has 0 aliphatic rings. The number of aliphatic hydroxyl groups excluding tert-OH is 3. The van der Waals surface area contributed by atoms with Gasteiger partial charge in [0.2, 0.25) is 0 Å². The van der Waals surface area contributed by atoms with E-state index in [4.69, 9.17) is 9.47 Å². The molecule has 0 aliphatic carbocycles. The molecule has 0 aromatic heterocycles. The number of hydrogen-bond donors (Lipinski definition) is 3. The second-order valence-corrected chi connectivity index (χ2v) is 12.0. The van der Waals surface area contributed by atoms with Crippen LogP contribution >= 0.6 is 0 Å². The molecule has 0 aromatic rings. The van der Waals surface area contributed by atoms with Crippen molar-refractivity contribution in [3.8, 4) is 0 Å². The van der Waals surface area contributed by atoms with E-state index in [2.05, 4.69) is 19.9 Å². The van der Waals surface area contributed by atoms with Crippen molar-refractivity contribution in [1.82, 2.24) is 0 Å². The van der Waals surface area contributed by atoms with Crippen LogP contribution in [0.25, 0.3) is 0 Å². The first-order valence-electron chi connectivity index (χ1n) is 17.9. The number of carbonyl (C=O) groups is 2. The van der Waals surface area contributed by atoms with Gasteiger partial charge >= 0.3 is 11.9 Å². The molecule has 0 spiro atoms. The summed E-state index contributed by atoms with van der Waals surface area (Å²) in [7, 11) is 0. The number of carbonyl (C=O) groups excluding carboxylic acids is 2. The number of ether oxygens (including phenoxy) is 2. The summed E-state index contributed by atoms with van der Waals surface area (Å²) < 4.78 is 10.2. The van der Waals surface area contributed by atoms with Gasteiger partial charge in [0.05, 0.1) is 12.2 Å². The normalized spacial score (nSPS) is 14.2. The second kappa shape index (κ2) is 33.2. The lowest BCUT2D eigenvalue weighted by Gasteiger charge is -2.12. The Hall–Kier alpha value is -2.22. The molecule has 0 rings (SSSR count). The standard InChI is InChI=1S/C38H66O7/c1-3-5-7-9-11-12-13-14-15-16-18-24-30-37(42)44-32-36(41)33-45-38(43)31-25-29-35(40)28-23-20-19-22-27-34(39)26-21-17-10-8-6-4-2/h17,19-23,27-28,34-36,39-41H,3-16,18,24-26,29-33H2,1-2H3/b20-19+,21-17-,27-22+,28-23-/t34-,35-,36-/m1/s1. The van der Waals surface area contributed by atoms with Gasteiger partial charge in [-0.1, -0.05) is 146 Å². The monoisotopic (exact) mass is 634 g/mol. The van der Waals surface area contributed by atoms with Gasteiger partial charge in [-0.05, 0) is 38.5 Å². The number of allylic oxidation sites excluding steroid dienone is 5. The topological polar surface area (TPSA) is 113 Å². The van der Waals surface area contributed by atoms with Crippen LogP contribution in [-0.4, -0.2) is 58.8 Å². The molecule has 0 bridgehead atoms. The minimum Gasteiger partial charge on any atom is -0.463 e. The first-order chi connectivity index (χ1) is 21.9. The number of aliphatic hydroxyl groups is 3. The number of esters is 2. The largest absolute Gasteiger partial charge is 0.463 e. The van der Waals surface area contributed by atoms with Crippen molar-refractivity contribution in [3.63, 3.8) is 0 Å². The Kier molecular flexibility index (Phi) is 31.5. The van der Waals surface area contributed by atoms with Crippen molar-refractivity contribution in [1.29, 1.82) is 0 Å². The fraction of sp³-hybridized carbons (Fsp3) is 0.737. The van der Waals surface area contributed by atoms with Gasteiger partial charge in [-0.25, -0.2) is 0 Å². The Bertz CT molecular complexity index is 802. The summed E-state index contributed by atoms with van der Waals surface area (Å²) in [5, 5.41) is 30.0. The van der Waals surface area contributed by atoms with Crippen LogP contribution < -0.4 is 0 Å². The van der Waals surface area contributed by atoms with E-state index < -0.39 is 24.3 Å². The molecule has 0 unspecified atom stereocenters. The van der Waals surface area contributed by atoms with Gasteiger partial charge in [0.1, 0.15) is 19.3 Å². The zero-order valence-corrected chi connectivity index (χ0v) is 28.6. The summed E-state index contributed by atoms with van der Waals surface area (Å²) in [6.07, 6.45) is 33.7. The third kappa shape index (κ3) is 33.0. The summed E-state index contributed by atoms with van der Waals surface area (Å²) in [6, 6.07) is 0. The van der Waals surface area contributed by atoms with Crippen molar-refractivity contribution in [2.24, 2.45) is 0 Å². The second-order valence-electron chi connectivity index (χ2n) is 12.0. The van der Waals surface area contributed by atoms with Crippen LogP contribution in [0.3, 0.4) is 0 Å². The van der Waals surface area contributed by atoms with Crippen molar-refractivity contribution < 1.29 is 34.4 Å². The Morgan fingerprint density at radius 3 is 1.58 bits per heavy atom. The molecule has 260 valence electrons. The van der Waals surface area contributed by atoms with Gasteiger partial charge in [-0.2, -0.15) is 0 Å². The first kappa shape index (κ1) is 42.8. The summed E-state index contributed by atoms with van der Waals surface area (Å²) in [5.74, 6) is -0.800. The van der Waals surface area contributed by atoms with Gasteiger partial charge in [0, 0.05) is 12.8 Å². The zero-order valence-electron chi connectivity index (χ0n) is 28.6. The van der Waals surface area contributed by atoms with Crippen LogP contribution in [0.1, 0.15) is 149 Å². The van der Waals surface area contributed by atoms with E-state index in [1.165, 1.54) is 77.0 Å². The van der Waals surface area contributed by atoms with E-state index >= 15 is 0 Å². The maximum atomic E-state index is 11.9. The molecule has 7 nitrogen and oxygen atoms in total. The quantitative estimate of drug-likeness (QED) is 0.0303. The fourth-order valence-electron chi connectivity index (χ4n) is 4.69. The molecule has 0 radical (unpaired) electrons. The van der Waals surface area contributed by atoms with Crippen LogP contribution in [0.15, 0.2) is 48.6 Å². The summed E-state index contributed by atoms with van der Waals surface area (Å²) in [5.41, 5.74) is 0. The average molecular weight is 635 g/mol. The number of rotatable bonds is 31. The van der Waals surface area contributed by atoms with Crippen LogP contribution in [-0.2, 0) is 19.1 Å². The molecule has 7 heteroatoms. The van der Waals surface area contributed by atoms with Crippen LogP contribution in [0.4, 0.5) is 0 Å². The molecule has 0 saturated carbocycles. The smallest absolute Gasteiger partial charge is 0.305 e. The Morgan fingerprint density at radius 2 is 1.02 bits per heavy atom. The van der Waals surface area contributed by atoms with Gasteiger partial charge in [0.15, 0.2) is 0 Å². The Balaban J connectivity index is 3.75. The molecule has 3 atom stereocenters. The molecule has 3 N–H and O–H groups in total. The highest BCUT2D eigenvalue weighted by atomic mass is 16.6. The van der Waals surface area contributed by atoms with Crippen molar-refractivity contribution in [2.75, 3.05) is 13.2 Å². The molecular weight excluding hydrogens is 568 g/mol. The van der Waals surface area contributed by atoms with Crippen molar-refractivity contribution >= 4 is 11.9 Å². The maximum absolute atomic E-state index is 11.9. The van der Waals surface area contributed by atoms with Crippen LogP contribution in [0.5, 0.6) is 0 Å². The summed E-state index contributed by atoms with van der Waals surface area (Å²) >= 11 is 0. The first-order valence-corrected chi connectivity index (χ1v) is 17.9. The van der Waals surface area contributed by atoms with Gasteiger partial charge in [-0.15, -0.1) is 0 Å². The lowest BCUT2D eigenvalue weighted by Crippen LogP contribution is -2.25. The van der Waals surface area contributed by atoms with E-state index in [0.29, 0.717) is 25.7 Å². The highest BCUT2D eigenvalue weighted by Gasteiger charge is 2.12. The van der Waals surface area contributed by atoms with Gasteiger partial charge < -0.3 is 24.8 Å². The van der Waals surface area contributed by atoms with E-state index in [-0.39, 0.29) is 25.6 Å². The number of hydrogen-bond acceptors (Lipinski definition) is 7. The molecule has 45 heavy (non-hydrogen) atoms. The van der Waals surface area contributed by atoms with E-state index in [1.54, 1.807) is 36.5 Å².